The lowest BCUT2D eigenvalue weighted by Gasteiger charge is -2.27. The molecule has 0 aromatic heterocycles. The number of benzene rings is 3. The number of unbranched alkanes of at least 4 members (excludes halogenated alkanes) is 2. The molecule has 0 spiro atoms. The summed E-state index contributed by atoms with van der Waals surface area (Å²) >= 11 is 9.37. The molecule has 3 aliphatic heterocycles. The standard InChI is InChI=1S/C56H70ClN5O14S4/c1-39-16-27-52(64)60(39)33-28-58-51(63)15-7-6-8-31-62-48-23-17-42-37-44(80(70,71)72)21-22-45(42)53(48)56(4,5)50(62)26-19-41-14-9-13-40(54(41)57)18-25-49-55(2,3)46-38-43(20-24-47(46)61(49)32-12-36-79(67,68)69)59(29-10-34-77-75-73-65)30-11-35-78-76-74-66/h16-27,37-38H,1,6-15,28-36H2,2-5H3,(H4-,58,63,65,66,67,68,69,70,71,72)/p+1. The summed E-state index contributed by atoms with van der Waals surface area (Å²) in [6.07, 6.45) is 17.8. The summed E-state index contributed by atoms with van der Waals surface area (Å²) in [6, 6.07) is 14.7. The number of hydrogen-bond donors (Lipinski definition) is 5. The summed E-state index contributed by atoms with van der Waals surface area (Å²) in [5.41, 5.74) is 8.17. The highest BCUT2D eigenvalue weighted by molar-refractivity contribution is 7.94. The maximum absolute atomic E-state index is 12.8. The van der Waals surface area contributed by atoms with Gasteiger partial charge in [0.15, 0.2) is 5.71 Å². The highest BCUT2D eigenvalue weighted by Gasteiger charge is 2.45. The van der Waals surface area contributed by atoms with Gasteiger partial charge in [-0.2, -0.15) is 21.4 Å². The molecule has 0 unspecified atom stereocenters. The fourth-order valence-corrected chi connectivity index (χ4v) is 13.1. The van der Waals surface area contributed by atoms with Crippen molar-refractivity contribution in [1.29, 1.82) is 0 Å². The van der Waals surface area contributed by atoms with Gasteiger partial charge < -0.3 is 20.0 Å². The van der Waals surface area contributed by atoms with Gasteiger partial charge in [-0.05, 0) is 129 Å². The number of rotatable bonds is 30. The predicted octanol–water partition coefficient (Wildman–Crippen LogP) is 10.9. The summed E-state index contributed by atoms with van der Waals surface area (Å²) in [7, 11) is -8.66. The van der Waals surface area contributed by atoms with E-state index in [0.29, 0.717) is 92.6 Å². The van der Waals surface area contributed by atoms with Crippen molar-refractivity contribution in [2.45, 2.75) is 108 Å². The normalized spacial score (nSPS) is 18.1. The lowest BCUT2D eigenvalue weighted by atomic mass is 9.80. The molecule has 0 saturated heterocycles. The maximum atomic E-state index is 12.8. The van der Waals surface area contributed by atoms with E-state index in [9.17, 15) is 35.5 Å². The van der Waals surface area contributed by atoms with Crippen molar-refractivity contribution in [3.8, 4) is 0 Å². The molecule has 434 valence electrons. The van der Waals surface area contributed by atoms with Crippen LogP contribution in [0.25, 0.3) is 10.8 Å². The van der Waals surface area contributed by atoms with Crippen LogP contribution in [0.3, 0.4) is 0 Å². The summed E-state index contributed by atoms with van der Waals surface area (Å²) in [6.45, 7) is 15.3. The number of nitrogens with zero attached hydrogens (tertiary/aromatic N) is 4. The molecule has 0 bridgehead atoms. The minimum absolute atomic E-state index is 0.0885. The molecule has 3 aromatic carbocycles. The van der Waals surface area contributed by atoms with Crippen LogP contribution in [0.15, 0.2) is 124 Å². The van der Waals surface area contributed by atoms with Gasteiger partial charge in [-0.25, -0.2) is 10.5 Å². The van der Waals surface area contributed by atoms with Gasteiger partial charge in [0.1, 0.15) is 6.54 Å². The molecule has 80 heavy (non-hydrogen) atoms. The Kier molecular flexibility index (Phi) is 21.9. The molecule has 3 aromatic rings. The monoisotopic (exact) mass is 1200 g/mol. The Morgan fingerprint density at radius 2 is 1.57 bits per heavy atom. The van der Waals surface area contributed by atoms with Crippen molar-refractivity contribution in [2.24, 2.45) is 0 Å². The Morgan fingerprint density at radius 3 is 2.24 bits per heavy atom. The highest BCUT2D eigenvalue weighted by Crippen LogP contribution is 2.51. The molecule has 7 rings (SSSR count). The van der Waals surface area contributed by atoms with Crippen molar-refractivity contribution in [3.05, 3.63) is 130 Å². The zero-order valence-electron chi connectivity index (χ0n) is 45.4. The first kappa shape index (κ1) is 62.7. The summed E-state index contributed by atoms with van der Waals surface area (Å²) in [5.74, 6) is 0.444. The fraction of sp³-hybridized carbons (Fsp3) is 0.446. The topological polar surface area (TPSA) is 245 Å². The predicted molar refractivity (Wildman–Crippen MR) is 314 cm³/mol. The van der Waals surface area contributed by atoms with Crippen molar-refractivity contribution >= 4 is 101 Å². The van der Waals surface area contributed by atoms with E-state index in [1.165, 1.54) is 23.1 Å². The Hall–Kier alpha value is -4.86. The molecule has 19 nitrogen and oxygen atoms in total. The summed E-state index contributed by atoms with van der Waals surface area (Å²) in [4.78, 5) is 30.7. The lowest BCUT2D eigenvalue weighted by molar-refractivity contribution is -0.437. The van der Waals surface area contributed by atoms with E-state index >= 15 is 0 Å². The average Bonchev–Trinajstić information content (AvgIpc) is 4.15. The molecule has 24 heteroatoms. The number of fused-ring (bicyclic) bond motifs is 4. The average molecular weight is 1200 g/mol. The smallest absolute Gasteiger partial charge is 0.294 e. The number of carbonyl (C=O) groups excluding carboxylic acids is 2. The third kappa shape index (κ3) is 15.6. The van der Waals surface area contributed by atoms with Gasteiger partial charge in [-0.15, -0.1) is 8.67 Å². The number of anilines is 2. The van der Waals surface area contributed by atoms with Crippen LogP contribution in [0.5, 0.6) is 0 Å². The van der Waals surface area contributed by atoms with E-state index in [4.69, 9.17) is 22.1 Å². The van der Waals surface area contributed by atoms with E-state index in [0.717, 1.165) is 112 Å². The Morgan fingerprint density at radius 1 is 0.850 bits per heavy atom. The number of carbonyl (C=O) groups is 2. The van der Waals surface area contributed by atoms with Gasteiger partial charge in [0, 0.05) is 138 Å². The second-order valence-corrected chi connectivity index (χ2v) is 25.9. The third-order valence-corrected chi connectivity index (χ3v) is 18.3. The molecule has 1 aliphatic carbocycles. The number of hydrogen-bond acceptors (Lipinski definition) is 16. The van der Waals surface area contributed by atoms with Gasteiger partial charge in [-0.1, -0.05) is 72.8 Å². The van der Waals surface area contributed by atoms with E-state index < -0.39 is 36.8 Å². The number of amides is 2. The van der Waals surface area contributed by atoms with Crippen LogP contribution in [0.4, 0.5) is 17.1 Å². The zero-order chi connectivity index (χ0) is 57.8. The van der Waals surface area contributed by atoms with Crippen molar-refractivity contribution in [3.63, 3.8) is 0 Å². The molecule has 0 radical (unpaired) electrons. The van der Waals surface area contributed by atoms with E-state index in [1.807, 2.05) is 24.3 Å². The van der Waals surface area contributed by atoms with Gasteiger partial charge in [0.2, 0.25) is 11.6 Å². The molecule has 0 saturated carbocycles. The summed E-state index contributed by atoms with van der Waals surface area (Å²) < 4.78 is 79.1. The summed E-state index contributed by atoms with van der Waals surface area (Å²) in [5, 5.41) is 29.8. The highest BCUT2D eigenvalue weighted by atomic mass is 35.5. The number of halogens is 1. The van der Waals surface area contributed by atoms with Crippen LogP contribution in [-0.4, -0.2) is 120 Å². The second kappa shape index (κ2) is 27.9. The molecular weight excluding hydrogens is 1130 g/mol. The molecule has 0 atom stereocenters. The minimum atomic E-state index is -4.44. The zero-order valence-corrected chi connectivity index (χ0v) is 49.4. The van der Waals surface area contributed by atoms with Crippen LogP contribution in [0.2, 0.25) is 0 Å². The quantitative estimate of drug-likeness (QED) is 0.0104. The Labute approximate surface area is 482 Å². The second-order valence-electron chi connectivity index (χ2n) is 21.0. The third-order valence-electron chi connectivity index (χ3n) is 14.9. The van der Waals surface area contributed by atoms with Gasteiger partial charge in [0.05, 0.1) is 16.1 Å². The van der Waals surface area contributed by atoms with E-state index in [2.05, 4.69) is 103 Å². The van der Waals surface area contributed by atoms with Crippen molar-refractivity contribution < 1.29 is 69.4 Å². The Bertz CT molecular complexity index is 3200. The lowest BCUT2D eigenvalue weighted by Crippen LogP contribution is -2.34. The van der Waals surface area contributed by atoms with Gasteiger partial charge >= 0.3 is 0 Å². The number of allylic oxidation sites excluding steroid dienone is 9. The largest absolute Gasteiger partial charge is 0.371 e. The SMILES string of the molecule is C=C1C=CC(=O)N1CCNC(=O)CCCCCN1/C(=C/C=C2\CCCC(/C=C/C3=[N+](CCCS(=O)(=O)O)c4ccc(N(CCCSOOO)CCCSOOO)cc4C3(C)C)=C2Cl)C(C)(C)c2c1ccc1cc(S(=O)(=O)O)ccc21. The van der Waals surface area contributed by atoms with Crippen LogP contribution in [0.1, 0.15) is 103 Å². The molecule has 3 heterocycles. The Balaban J connectivity index is 1.15. The number of nitrogens with one attached hydrogen (secondary N) is 1. The fourth-order valence-electron chi connectivity index (χ4n) is 11.0. The van der Waals surface area contributed by atoms with Crippen LogP contribution in [0, 0.1) is 0 Å². The first-order chi connectivity index (χ1) is 38.1. The molecule has 4 aliphatic rings. The van der Waals surface area contributed by atoms with E-state index in [1.54, 1.807) is 12.1 Å². The van der Waals surface area contributed by atoms with Gasteiger partial charge in [-0.3, -0.25) is 18.7 Å². The first-order valence-electron chi connectivity index (χ1n) is 26.5. The van der Waals surface area contributed by atoms with Crippen LogP contribution < -0.4 is 15.1 Å². The molecule has 0 fully saturated rings. The van der Waals surface area contributed by atoms with Crippen molar-refractivity contribution in [1.82, 2.24) is 10.2 Å². The van der Waals surface area contributed by atoms with Crippen LogP contribution >= 0.6 is 35.7 Å². The molecular formula is C56H71ClN5O14S4+. The maximum Gasteiger partial charge on any atom is 0.294 e. The molecule has 2 amide bonds. The minimum Gasteiger partial charge on any atom is -0.371 e. The van der Waals surface area contributed by atoms with E-state index in [-0.39, 0.29) is 23.1 Å². The van der Waals surface area contributed by atoms with Gasteiger partial charge in [0.25, 0.3) is 26.1 Å². The van der Waals surface area contributed by atoms with Crippen LogP contribution in [-0.2, 0) is 59.4 Å². The first-order valence-corrected chi connectivity index (χ1v) is 31.8. The van der Waals surface area contributed by atoms with Crippen molar-refractivity contribution in [2.75, 3.05) is 66.3 Å². The molecule has 5 N–H and O–H groups in total.